The summed E-state index contributed by atoms with van der Waals surface area (Å²) in [6, 6.07) is 10.1. The van der Waals surface area contributed by atoms with E-state index >= 15 is 0 Å². The van der Waals surface area contributed by atoms with Crippen molar-refractivity contribution in [1.29, 1.82) is 0 Å². The fourth-order valence-electron chi connectivity index (χ4n) is 3.90. The third-order valence-corrected chi connectivity index (χ3v) is 5.57. The second kappa shape index (κ2) is 8.61. The van der Waals surface area contributed by atoms with Gasteiger partial charge in [-0.1, -0.05) is 18.2 Å². The standard InChI is InChI=1S/C22H28N6O/c1-3-27-18(2)21(15-24-27)22(29)26-11-7-10-25(12-13-26)16-19-14-23-28(17-19)20-8-5-4-6-9-20/h4-6,8-9,14-15,17H,3,7,10-13,16H2,1-2H3. The Labute approximate surface area is 171 Å². The number of nitrogens with zero attached hydrogens (tertiary/aromatic N) is 6. The van der Waals surface area contributed by atoms with E-state index in [1.807, 2.05) is 52.5 Å². The number of hydrogen-bond acceptors (Lipinski definition) is 4. The zero-order valence-corrected chi connectivity index (χ0v) is 17.2. The van der Waals surface area contributed by atoms with Gasteiger partial charge in [-0.05, 0) is 32.4 Å². The summed E-state index contributed by atoms with van der Waals surface area (Å²) in [6.45, 7) is 9.01. The van der Waals surface area contributed by atoms with Gasteiger partial charge in [-0.3, -0.25) is 14.4 Å². The van der Waals surface area contributed by atoms with Gasteiger partial charge in [0.1, 0.15) is 0 Å². The molecule has 1 aliphatic heterocycles. The maximum Gasteiger partial charge on any atom is 0.257 e. The van der Waals surface area contributed by atoms with Crippen molar-refractivity contribution in [3.05, 3.63) is 65.7 Å². The van der Waals surface area contributed by atoms with Gasteiger partial charge >= 0.3 is 0 Å². The smallest absolute Gasteiger partial charge is 0.257 e. The first-order valence-corrected chi connectivity index (χ1v) is 10.3. The minimum atomic E-state index is 0.0981. The number of benzene rings is 1. The summed E-state index contributed by atoms with van der Waals surface area (Å²) in [6.07, 6.45) is 6.70. The molecule has 7 nitrogen and oxygen atoms in total. The highest BCUT2D eigenvalue weighted by Gasteiger charge is 2.23. The first kappa shape index (κ1) is 19.4. The van der Waals surface area contributed by atoms with Crippen molar-refractivity contribution in [2.24, 2.45) is 0 Å². The summed E-state index contributed by atoms with van der Waals surface area (Å²) < 4.78 is 3.79. The van der Waals surface area contributed by atoms with Crippen molar-refractivity contribution in [2.45, 2.75) is 33.4 Å². The van der Waals surface area contributed by atoms with Crippen LogP contribution in [0.3, 0.4) is 0 Å². The van der Waals surface area contributed by atoms with Crippen LogP contribution in [0.4, 0.5) is 0 Å². The number of hydrogen-bond donors (Lipinski definition) is 0. The molecule has 7 heteroatoms. The minimum absolute atomic E-state index is 0.0981. The second-order valence-corrected chi connectivity index (χ2v) is 7.51. The SMILES string of the molecule is CCn1ncc(C(=O)N2CCCN(Cc3cnn(-c4ccccc4)c3)CC2)c1C. The number of amides is 1. The topological polar surface area (TPSA) is 59.2 Å². The summed E-state index contributed by atoms with van der Waals surface area (Å²) in [5.41, 5.74) is 3.93. The number of aromatic nitrogens is 4. The fourth-order valence-corrected chi connectivity index (χ4v) is 3.90. The van der Waals surface area contributed by atoms with E-state index in [1.165, 1.54) is 5.56 Å². The molecule has 1 aliphatic rings. The Balaban J connectivity index is 1.37. The van der Waals surface area contributed by atoms with Crippen molar-refractivity contribution in [1.82, 2.24) is 29.4 Å². The lowest BCUT2D eigenvalue weighted by Crippen LogP contribution is -2.35. The zero-order valence-electron chi connectivity index (χ0n) is 17.2. The minimum Gasteiger partial charge on any atom is -0.337 e. The van der Waals surface area contributed by atoms with Gasteiger partial charge in [-0.15, -0.1) is 0 Å². The van der Waals surface area contributed by atoms with Gasteiger partial charge < -0.3 is 4.90 Å². The van der Waals surface area contributed by atoms with Crippen molar-refractivity contribution in [3.8, 4) is 5.69 Å². The fraction of sp³-hybridized carbons (Fsp3) is 0.409. The number of aryl methyl sites for hydroxylation is 1. The van der Waals surface area contributed by atoms with E-state index in [-0.39, 0.29) is 5.91 Å². The maximum atomic E-state index is 13.0. The van der Waals surface area contributed by atoms with Gasteiger partial charge in [-0.25, -0.2) is 4.68 Å². The zero-order chi connectivity index (χ0) is 20.2. The molecule has 1 saturated heterocycles. The van der Waals surface area contributed by atoms with Gasteiger partial charge in [-0.2, -0.15) is 10.2 Å². The lowest BCUT2D eigenvalue weighted by Gasteiger charge is -2.21. The van der Waals surface area contributed by atoms with Gasteiger partial charge in [0, 0.05) is 56.7 Å². The summed E-state index contributed by atoms with van der Waals surface area (Å²) in [4.78, 5) is 17.3. The molecule has 0 N–H and O–H groups in total. The monoisotopic (exact) mass is 392 g/mol. The van der Waals surface area contributed by atoms with E-state index in [2.05, 4.69) is 33.4 Å². The summed E-state index contributed by atoms with van der Waals surface area (Å²) in [5.74, 6) is 0.0981. The van der Waals surface area contributed by atoms with Crippen LogP contribution in [-0.4, -0.2) is 61.4 Å². The summed E-state index contributed by atoms with van der Waals surface area (Å²) in [5, 5.41) is 8.82. The Morgan fingerprint density at radius 3 is 2.62 bits per heavy atom. The van der Waals surface area contributed by atoms with Gasteiger partial charge in [0.05, 0.1) is 23.6 Å². The van der Waals surface area contributed by atoms with Crippen LogP contribution in [0.5, 0.6) is 0 Å². The lowest BCUT2D eigenvalue weighted by atomic mass is 10.2. The Hall–Kier alpha value is -2.93. The quantitative estimate of drug-likeness (QED) is 0.670. The van der Waals surface area contributed by atoms with Crippen LogP contribution in [-0.2, 0) is 13.1 Å². The molecule has 2 aromatic heterocycles. The molecule has 0 bridgehead atoms. The van der Waals surface area contributed by atoms with Gasteiger partial charge in [0.2, 0.25) is 0 Å². The third kappa shape index (κ3) is 4.24. The van der Waals surface area contributed by atoms with Crippen molar-refractivity contribution in [3.63, 3.8) is 0 Å². The molecular weight excluding hydrogens is 364 g/mol. The van der Waals surface area contributed by atoms with Crippen molar-refractivity contribution in [2.75, 3.05) is 26.2 Å². The molecule has 4 rings (SSSR count). The highest BCUT2D eigenvalue weighted by molar-refractivity contribution is 5.95. The van der Waals surface area contributed by atoms with Crippen LogP contribution in [0, 0.1) is 6.92 Å². The molecule has 0 unspecified atom stereocenters. The summed E-state index contributed by atoms with van der Waals surface area (Å²) in [7, 11) is 0. The van der Waals surface area contributed by atoms with Crippen LogP contribution in [0.15, 0.2) is 48.9 Å². The van der Waals surface area contributed by atoms with Crippen molar-refractivity contribution < 1.29 is 4.79 Å². The van der Waals surface area contributed by atoms with E-state index in [9.17, 15) is 4.79 Å². The predicted octanol–water partition coefficient (Wildman–Crippen LogP) is 2.75. The molecule has 0 radical (unpaired) electrons. The van der Waals surface area contributed by atoms with Crippen LogP contribution >= 0.6 is 0 Å². The molecule has 0 saturated carbocycles. The molecule has 3 aromatic rings. The molecule has 0 atom stereocenters. The average Bonchev–Trinajstić information content (AvgIpc) is 3.29. The van der Waals surface area contributed by atoms with Gasteiger partial charge in [0.25, 0.3) is 5.91 Å². The van der Waals surface area contributed by atoms with E-state index < -0.39 is 0 Å². The molecule has 1 amide bonds. The number of para-hydroxylation sites is 1. The first-order valence-electron chi connectivity index (χ1n) is 10.3. The Morgan fingerprint density at radius 1 is 1.03 bits per heavy atom. The molecule has 1 fully saturated rings. The number of carbonyl (C=O) groups excluding carboxylic acids is 1. The normalized spacial score (nSPS) is 15.4. The Bertz CT molecular complexity index is 961. The lowest BCUT2D eigenvalue weighted by molar-refractivity contribution is 0.0760. The van der Waals surface area contributed by atoms with Crippen LogP contribution in [0.25, 0.3) is 5.69 Å². The molecule has 0 aliphatic carbocycles. The Kier molecular flexibility index (Phi) is 5.76. The average molecular weight is 393 g/mol. The molecular formula is C22H28N6O. The van der Waals surface area contributed by atoms with Crippen LogP contribution in [0.2, 0.25) is 0 Å². The molecule has 29 heavy (non-hydrogen) atoms. The van der Waals surface area contributed by atoms with Crippen LogP contribution < -0.4 is 0 Å². The summed E-state index contributed by atoms with van der Waals surface area (Å²) >= 11 is 0. The molecule has 0 spiro atoms. The predicted molar refractivity (Wildman–Crippen MR) is 112 cm³/mol. The maximum absolute atomic E-state index is 13.0. The highest BCUT2D eigenvalue weighted by Crippen LogP contribution is 2.15. The molecule has 1 aromatic carbocycles. The first-order chi connectivity index (χ1) is 14.2. The molecule has 3 heterocycles. The largest absolute Gasteiger partial charge is 0.337 e. The highest BCUT2D eigenvalue weighted by atomic mass is 16.2. The number of rotatable bonds is 5. The van der Waals surface area contributed by atoms with Crippen molar-refractivity contribution >= 4 is 5.91 Å². The van der Waals surface area contributed by atoms with E-state index in [4.69, 9.17) is 0 Å². The van der Waals surface area contributed by atoms with Gasteiger partial charge in [0.15, 0.2) is 0 Å². The van der Waals surface area contributed by atoms with Crippen LogP contribution in [0.1, 0.15) is 35.0 Å². The number of carbonyl (C=O) groups is 1. The Morgan fingerprint density at radius 2 is 1.86 bits per heavy atom. The van der Waals surface area contributed by atoms with E-state index in [0.717, 1.165) is 62.6 Å². The van der Waals surface area contributed by atoms with E-state index in [1.54, 1.807) is 6.20 Å². The molecule has 152 valence electrons. The second-order valence-electron chi connectivity index (χ2n) is 7.51. The van der Waals surface area contributed by atoms with E-state index in [0.29, 0.717) is 0 Å². The third-order valence-electron chi connectivity index (χ3n) is 5.57.